The van der Waals surface area contributed by atoms with Crippen molar-refractivity contribution in [1.29, 1.82) is 0 Å². The minimum Gasteiger partial charge on any atom is -0.395 e. The van der Waals surface area contributed by atoms with Gasteiger partial charge < -0.3 is 15.7 Å². The molecule has 3 rings (SSSR count). The van der Waals surface area contributed by atoms with Crippen LogP contribution in [0.15, 0.2) is 6.07 Å². The number of anilines is 2. The minimum atomic E-state index is 0.132. The van der Waals surface area contributed by atoms with E-state index in [1.165, 1.54) is 4.88 Å². The number of aromatic nitrogens is 2. The normalized spacial score (nSPS) is 15.1. The second kappa shape index (κ2) is 4.94. The maximum atomic E-state index is 9.25. The Kier molecular flexibility index (Phi) is 3.28. The molecule has 1 fully saturated rings. The highest BCUT2D eigenvalue weighted by molar-refractivity contribution is 7.18. The van der Waals surface area contributed by atoms with Gasteiger partial charge in [0.1, 0.15) is 10.6 Å². The van der Waals surface area contributed by atoms with Crippen LogP contribution in [-0.2, 0) is 6.42 Å². The van der Waals surface area contributed by atoms with Gasteiger partial charge in [-0.1, -0.05) is 6.92 Å². The first-order valence-corrected chi connectivity index (χ1v) is 7.48. The van der Waals surface area contributed by atoms with Crippen molar-refractivity contribution >= 4 is 33.3 Å². The Morgan fingerprint density at radius 3 is 2.89 bits per heavy atom. The Bertz CT molecular complexity index is 594. The van der Waals surface area contributed by atoms with E-state index in [0.717, 1.165) is 35.3 Å². The van der Waals surface area contributed by atoms with Gasteiger partial charge in [-0.25, -0.2) is 4.98 Å². The standard InChI is InChI=1S/C13H18N4OS/c1-2-9-7-10-11(15-13(14)16-12(10)19-9)17(5-6-18)8-3-4-8/h7-8,18H,2-6H2,1H3,(H2,14,15,16). The molecule has 0 radical (unpaired) electrons. The number of aryl methyl sites for hydroxylation is 1. The van der Waals surface area contributed by atoms with Crippen LogP contribution in [0.4, 0.5) is 11.8 Å². The second-order valence-electron chi connectivity index (χ2n) is 4.84. The number of aliphatic hydroxyl groups excluding tert-OH is 1. The van der Waals surface area contributed by atoms with Gasteiger partial charge >= 0.3 is 0 Å². The van der Waals surface area contributed by atoms with E-state index in [0.29, 0.717) is 18.5 Å². The summed E-state index contributed by atoms with van der Waals surface area (Å²) in [5.41, 5.74) is 5.83. The molecular weight excluding hydrogens is 260 g/mol. The van der Waals surface area contributed by atoms with Crippen LogP contribution in [-0.4, -0.2) is 34.3 Å². The van der Waals surface area contributed by atoms with Crippen LogP contribution in [0.5, 0.6) is 0 Å². The predicted molar refractivity (Wildman–Crippen MR) is 78.7 cm³/mol. The third-order valence-corrected chi connectivity index (χ3v) is 4.56. The highest BCUT2D eigenvalue weighted by atomic mass is 32.1. The second-order valence-corrected chi connectivity index (χ2v) is 5.95. The average molecular weight is 278 g/mol. The zero-order chi connectivity index (χ0) is 13.4. The lowest BCUT2D eigenvalue weighted by Crippen LogP contribution is -2.30. The molecule has 1 saturated carbocycles. The van der Waals surface area contributed by atoms with Gasteiger partial charge in [-0.2, -0.15) is 4.98 Å². The Morgan fingerprint density at radius 1 is 1.47 bits per heavy atom. The summed E-state index contributed by atoms with van der Waals surface area (Å²) in [5, 5.41) is 10.3. The van der Waals surface area contributed by atoms with Crippen LogP contribution in [0.2, 0.25) is 0 Å². The van der Waals surface area contributed by atoms with Crippen molar-refractivity contribution in [2.45, 2.75) is 32.2 Å². The molecule has 0 aromatic carbocycles. The Labute approximate surface area is 116 Å². The van der Waals surface area contributed by atoms with E-state index >= 15 is 0 Å². The molecule has 102 valence electrons. The number of fused-ring (bicyclic) bond motifs is 1. The van der Waals surface area contributed by atoms with Gasteiger partial charge in [-0.05, 0) is 25.3 Å². The summed E-state index contributed by atoms with van der Waals surface area (Å²) < 4.78 is 0. The van der Waals surface area contributed by atoms with Crippen molar-refractivity contribution in [2.24, 2.45) is 0 Å². The number of hydrogen-bond acceptors (Lipinski definition) is 6. The van der Waals surface area contributed by atoms with Gasteiger partial charge in [0.25, 0.3) is 0 Å². The summed E-state index contributed by atoms with van der Waals surface area (Å²) in [6.45, 7) is 2.87. The van der Waals surface area contributed by atoms with Gasteiger partial charge in [0, 0.05) is 17.5 Å². The Balaban J connectivity index is 2.11. The van der Waals surface area contributed by atoms with Crippen LogP contribution in [0, 0.1) is 0 Å². The van der Waals surface area contributed by atoms with Crippen molar-refractivity contribution < 1.29 is 5.11 Å². The molecule has 2 aromatic rings. The van der Waals surface area contributed by atoms with Crippen LogP contribution >= 0.6 is 11.3 Å². The van der Waals surface area contributed by atoms with Crippen molar-refractivity contribution in [1.82, 2.24) is 9.97 Å². The fraction of sp³-hybridized carbons (Fsp3) is 0.538. The van der Waals surface area contributed by atoms with E-state index in [9.17, 15) is 5.11 Å². The Morgan fingerprint density at radius 2 is 2.26 bits per heavy atom. The monoisotopic (exact) mass is 278 g/mol. The van der Waals surface area contributed by atoms with Gasteiger partial charge in [0.05, 0.1) is 12.0 Å². The summed E-state index contributed by atoms with van der Waals surface area (Å²) in [7, 11) is 0. The van der Waals surface area contributed by atoms with E-state index in [2.05, 4.69) is 27.9 Å². The maximum absolute atomic E-state index is 9.25. The van der Waals surface area contributed by atoms with E-state index in [1.807, 2.05) is 0 Å². The highest BCUT2D eigenvalue weighted by Gasteiger charge is 2.31. The van der Waals surface area contributed by atoms with E-state index < -0.39 is 0 Å². The summed E-state index contributed by atoms with van der Waals surface area (Å²) in [6.07, 6.45) is 3.32. The first-order valence-electron chi connectivity index (χ1n) is 6.66. The summed E-state index contributed by atoms with van der Waals surface area (Å²) in [4.78, 5) is 13.1. The summed E-state index contributed by atoms with van der Waals surface area (Å²) >= 11 is 1.67. The van der Waals surface area contributed by atoms with Crippen molar-refractivity contribution in [3.63, 3.8) is 0 Å². The van der Waals surface area contributed by atoms with Crippen LogP contribution in [0.1, 0.15) is 24.6 Å². The molecule has 5 nitrogen and oxygen atoms in total. The first kappa shape index (κ1) is 12.6. The number of nitrogen functional groups attached to an aromatic ring is 1. The minimum absolute atomic E-state index is 0.132. The van der Waals surface area contributed by atoms with Crippen LogP contribution in [0.25, 0.3) is 10.2 Å². The Hall–Kier alpha value is -1.40. The maximum Gasteiger partial charge on any atom is 0.223 e. The van der Waals surface area contributed by atoms with E-state index in [4.69, 9.17) is 5.73 Å². The largest absolute Gasteiger partial charge is 0.395 e. The average Bonchev–Trinajstić information content (AvgIpc) is 3.14. The van der Waals surface area contributed by atoms with Crippen molar-refractivity contribution in [3.05, 3.63) is 10.9 Å². The van der Waals surface area contributed by atoms with Crippen molar-refractivity contribution in [2.75, 3.05) is 23.8 Å². The smallest absolute Gasteiger partial charge is 0.223 e. The van der Waals surface area contributed by atoms with Crippen molar-refractivity contribution in [3.8, 4) is 0 Å². The van der Waals surface area contributed by atoms with Crippen LogP contribution < -0.4 is 10.6 Å². The molecule has 3 N–H and O–H groups in total. The zero-order valence-corrected chi connectivity index (χ0v) is 11.8. The molecule has 0 amide bonds. The lowest BCUT2D eigenvalue weighted by molar-refractivity contribution is 0.301. The third-order valence-electron chi connectivity index (χ3n) is 3.39. The highest BCUT2D eigenvalue weighted by Crippen LogP contribution is 2.37. The lowest BCUT2D eigenvalue weighted by atomic mass is 10.3. The van der Waals surface area contributed by atoms with Gasteiger partial charge in [0.15, 0.2) is 0 Å². The molecule has 0 saturated heterocycles. The van der Waals surface area contributed by atoms with Gasteiger partial charge in [-0.15, -0.1) is 11.3 Å². The first-order chi connectivity index (χ1) is 9.22. The number of thiophene rings is 1. The number of nitrogens with zero attached hydrogens (tertiary/aromatic N) is 3. The summed E-state index contributed by atoms with van der Waals surface area (Å²) in [5.74, 6) is 1.20. The number of nitrogens with two attached hydrogens (primary N) is 1. The topological polar surface area (TPSA) is 75.3 Å². The summed E-state index contributed by atoms with van der Waals surface area (Å²) in [6, 6.07) is 2.65. The fourth-order valence-corrected chi connectivity index (χ4v) is 3.29. The van der Waals surface area contributed by atoms with Crippen LogP contribution in [0.3, 0.4) is 0 Å². The number of hydrogen-bond donors (Lipinski definition) is 2. The molecule has 1 aliphatic carbocycles. The molecule has 0 bridgehead atoms. The molecule has 6 heteroatoms. The SMILES string of the molecule is CCc1cc2c(N(CCO)C3CC3)nc(N)nc2s1. The van der Waals surface area contributed by atoms with E-state index in [1.54, 1.807) is 11.3 Å². The quantitative estimate of drug-likeness (QED) is 0.872. The van der Waals surface area contributed by atoms with Gasteiger partial charge in [-0.3, -0.25) is 0 Å². The predicted octanol–water partition coefficient (Wildman–Crippen LogP) is 1.80. The lowest BCUT2D eigenvalue weighted by Gasteiger charge is -2.23. The number of aliphatic hydroxyl groups is 1. The zero-order valence-electron chi connectivity index (χ0n) is 11.0. The van der Waals surface area contributed by atoms with Gasteiger partial charge in [0.2, 0.25) is 5.95 Å². The third kappa shape index (κ3) is 2.37. The fourth-order valence-electron chi connectivity index (χ4n) is 2.32. The number of rotatable bonds is 5. The molecule has 2 heterocycles. The molecule has 19 heavy (non-hydrogen) atoms. The van der Waals surface area contributed by atoms with E-state index in [-0.39, 0.29) is 6.61 Å². The molecule has 2 aromatic heterocycles. The molecular formula is C13H18N4OS. The molecule has 1 aliphatic rings. The molecule has 0 atom stereocenters. The molecule has 0 aliphatic heterocycles. The molecule has 0 spiro atoms. The molecule has 0 unspecified atom stereocenters.